The van der Waals surface area contributed by atoms with Crippen LogP contribution < -0.4 is 10.6 Å². The van der Waals surface area contributed by atoms with Gasteiger partial charge in [-0.1, -0.05) is 61.7 Å². The fourth-order valence-electron chi connectivity index (χ4n) is 4.06. The summed E-state index contributed by atoms with van der Waals surface area (Å²) < 4.78 is 0. The molecule has 7 nitrogen and oxygen atoms in total. The van der Waals surface area contributed by atoms with Crippen molar-refractivity contribution in [1.29, 1.82) is 0 Å². The number of aliphatic hydroxyl groups excluding tert-OH is 1. The van der Waals surface area contributed by atoms with Gasteiger partial charge in [-0.05, 0) is 79.8 Å². The minimum Gasteiger partial charge on any atom is -0.392 e. The number of amides is 2. The van der Waals surface area contributed by atoms with Crippen LogP contribution in [-0.2, 0) is 16.0 Å². The summed E-state index contributed by atoms with van der Waals surface area (Å²) in [6, 6.07) is 9.52. The van der Waals surface area contributed by atoms with E-state index in [2.05, 4.69) is 51.0 Å². The summed E-state index contributed by atoms with van der Waals surface area (Å²) in [5, 5.41) is 25.2. The highest BCUT2D eigenvalue weighted by Crippen LogP contribution is 2.18. The molecule has 0 bridgehead atoms. The average Bonchev–Trinajstić information content (AvgIpc) is 2.80. The molecule has 218 valence electrons. The van der Waals surface area contributed by atoms with E-state index >= 15 is 0 Å². The topological polar surface area (TPSA) is 102 Å². The van der Waals surface area contributed by atoms with Crippen molar-refractivity contribution in [1.82, 2.24) is 15.5 Å². The van der Waals surface area contributed by atoms with Crippen LogP contribution in [-0.4, -0.2) is 63.8 Å². The Morgan fingerprint density at radius 1 is 1.08 bits per heavy atom. The molecule has 38 heavy (non-hydrogen) atoms. The molecule has 0 heterocycles. The first kappa shape index (κ1) is 36.1. The Morgan fingerprint density at radius 2 is 1.66 bits per heavy atom. The van der Waals surface area contributed by atoms with Crippen molar-refractivity contribution >= 4 is 24.4 Å². The number of benzene rings is 1. The van der Waals surface area contributed by atoms with Crippen LogP contribution in [0.15, 0.2) is 41.5 Å². The summed E-state index contributed by atoms with van der Waals surface area (Å²) >= 11 is 4.33. The lowest BCUT2D eigenvalue weighted by molar-refractivity contribution is -0.132. The van der Waals surface area contributed by atoms with Crippen molar-refractivity contribution in [2.24, 2.45) is 5.92 Å². The number of likely N-dealkylation sites (N-methyl/N-ethyl adjacent to an activating group) is 1. The average molecular weight is 552 g/mol. The van der Waals surface area contributed by atoms with Crippen LogP contribution in [0.4, 0.5) is 0 Å². The summed E-state index contributed by atoms with van der Waals surface area (Å²) in [7, 11) is 1.70. The molecule has 2 amide bonds. The third-order valence-electron chi connectivity index (χ3n) is 5.95. The Morgan fingerprint density at radius 3 is 2.08 bits per heavy atom. The lowest BCUT2D eigenvalue weighted by Gasteiger charge is -2.29. The van der Waals surface area contributed by atoms with Gasteiger partial charge in [0.05, 0.1) is 6.10 Å². The molecule has 0 spiro atoms. The second-order valence-corrected chi connectivity index (χ2v) is 11.5. The molecular formula is C30H53N3O4S. The minimum atomic E-state index is -1.35. The van der Waals surface area contributed by atoms with Gasteiger partial charge in [0.2, 0.25) is 11.8 Å². The molecule has 3 atom stereocenters. The van der Waals surface area contributed by atoms with Gasteiger partial charge in [-0.15, -0.1) is 0 Å². The third kappa shape index (κ3) is 16.2. The van der Waals surface area contributed by atoms with Crippen molar-refractivity contribution in [3.05, 3.63) is 47.0 Å². The molecule has 0 aliphatic carbocycles. The predicted molar refractivity (Wildman–Crippen MR) is 161 cm³/mol. The molecular weight excluding hydrogens is 498 g/mol. The highest BCUT2D eigenvalue weighted by molar-refractivity contribution is 7.81. The zero-order chi connectivity index (χ0) is 29.5. The maximum absolute atomic E-state index is 12.7. The lowest BCUT2D eigenvalue weighted by Crippen LogP contribution is -2.48. The van der Waals surface area contributed by atoms with E-state index < -0.39 is 23.1 Å². The largest absolute Gasteiger partial charge is 0.392 e. The van der Waals surface area contributed by atoms with Gasteiger partial charge >= 0.3 is 0 Å². The zero-order valence-electron chi connectivity index (χ0n) is 25.0. The quantitative estimate of drug-likeness (QED) is 0.131. The molecule has 0 fully saturated rings. The fourth-order valence-corrected chi connectivity index (χ4v) is 4.23. The lowest BCUT2D eigenvalue weighted by atomic mass is 9.92. The van der Waals surface area contributed by atoms with Gasteiger partial charge in [-0.25, -0.2) is 0 Å². The van der Waals surface area contributed by atoms with Crippen molar-refractivity contribution in [3.8, 4) is 0 Å². The monoisotopic (exact) mass is 551 g/mol. The number of hydrogen-bond acceptors (Lipinski definition) is 6. The number of rotatable bonds is 14. The van der Waals surface area contributed by atoms with Crippen molar-refractivity contribution in [2.45, 2.75) is 111 Å². The van der Waals surface area contributed by atoms with Gasteiger partial charge in [0, 0.05) is 18.5 Å². The molecule has 8 heteroatoms. The number of carbonyl (C=O) groups excluding carboxylic acids is 2. The minimum absolute atomic E-state index is 0.00346. The smallest absolute Gasteiger partial charge is 0.247 e. The number of nitrogens with zero attached hydrogens (tertiary/aromatic N) is 1. The van der Waals surface area contributed by atoms with Gasteiger partial charge in [-0.2, -0.15) is 12.6 Å². The molecule has 1 aromatic rings. The SMILES string of the molecule is CC(C)NC(=O)C(S)N(C)CC(O)CC(Cc1ccccc1)C(=O)NC(C)(C)O.CCCC(CC)=C(C)C. The van der Waals surface area contributed by atoms with E-state index in [-0.39, 0.29) is 30.8 Å². The predicted octanol–water partition coefficient (Wildman–Crippen LogP) is 4.69. The van der Waals surface area contributed by atoms with Gasteiger partial charge in [0.1, 0.15) is 11.1 Å². The number of carbonyl (C=O) groups is 2. The normalized spacial score (nSPS) is 13.7. The summed E-state index contributed by atoms with van der Waals surface area (Å²) in [6.07, 6.45) is 3.58. The van der Waals surface area contributed by atoms with E-state index in [9.17, 15) is 19.8 Å². The van der Waals surface area contributed by atoms with Crippen LogP contribution in [0.1, 0.15) is 86.6 Å². The van der Waals surface area contributed by atoms with Crippen molar-refractivity contribution in [3.63, 3.8) is 0 Å². The Kier molecular flexibility index (Phi) is 17.5. The second-order valence-electron chi connectivity index (χ2n) is 11.0. The molecule has 1 rings (SSSR count). The number of thiol groups is 1. The number of aliphatic hydroxyl groups is 2. The number of hydrogen-bond donors (Lipinski definition) is 5. The summed E-state index contributed by atoms with van der Waals surface area (Å²) in [4.78, 5) is 26.4. The molecule has 0 radical (unpaired) electrons. The van der Waals surface area contributed by atoms with E-state index in [0.29, 0.717) is 6.42 Å². The fraction of sp³-hybridized carbons (Fsp3) is 0.667. The summed E-state index contributed by atoms with van der Waals surface area (Å²) in [5.41, 5.74) is 2.77. The van der Waals surface area contributed by atoms with E-state index in [1.807, 2.05) is 44.2 Å². The van der Waals surface area contributed by atoms with Crippen LogP contribution in [0, 0.1) is 5.92 Å². The summed E-state index contributed by atoms with van der Waals surface area (Å²) in [5.74, 6) is -1.10. The zero-order valence-corrected chi connectivity index (χ0v) is 25.9. The molecule has 0 aromatic heterocycles. The molecule has 0 saturated heterocycles. The maximum atomic E-state index is 12.7. The highest BCUT2D eigenvalue weighted by atomic mass is 32.1. The Labute approximate surface area is 236 Å². The first-order valence-electron chi connectivity index (χ1n) is 13.7. The van der Waals surface area contributed by atoms with Gasteiger partial charge in [0.15, 0.2) is 0 Å². The molecule has 1 aromatic carbocycles. The second kappa shape index (κ2) is 18.4. The Bertz CT molecular complexity index is 849. The molecule has 0 aliphatic rings. The highest BCUT2D eigenvalue weighted by Gasteiger charge is 2.28. The molecule has 0 aliphatic heterocycles. The van der Waals surface area contributed by atoms with E-state index in [1.165, 1.54) is 38.7 Å². The van der Waals surface area contributed by atoms with E-state index in [4.69, 9.17) is 0 Å². The van der Waals surface area contributed by atoms with Crippen LogP contribution in [0.5, 0.6) is 0 Å². The van der Waals surface area contributed by atoms with Crippen LogP contribution in [0.2, 0.25) is 0 Å². The van der Waals surface area contributed by atoms with Crippen LogP contribution in [0.3, 0.4) is 0 Å². The molecule has 4 N–H and O–H groups in total. The third-order valence-corrected chi connectivity index (χ3v) is 6.58. The standard InChI is InChI=1S/C21H35N3O4S.C9H18/c1-14(2)22-19(27)20(29)24(5)13-17(25)12-16(18(26)23-21(3,4)28)11-15-9-7-6-8-10-15;1-5-7-9(6-2)8(3)4/h6-10,14,16-17,20,25,28-29H,11-13H2,1-5H3,(H,22,27)(H,23,26);5-7H2,1-4H3. The van der Waals surface area contributed by atoms with Crippen molar-refractivity contribution < 1.29 is 19.8 Å². The summed E-state index contributed by atoms with van der Waals surface area (Å²) in [6.45, 7) is 15.8. The first-order chi connectivity index (χ1) is 17.6. The Balaban J connectivity index is 0.00000129. The van der Waals surface area contributed by atoms with E-state index in [0.717, 1.165) is 5.56 Å². The van der Waals surface area contributed by atoms with Crippen molar-refractivity contribution in [2.75, 3.05) is 13.6 Å². The number of allylic oxidation sites excluding steroid dienone is 2. The first-order valence-corrected chi connectivity index (χ1v) is 14.2. The number of nitrogens with one attached hydrogen (secondary N) is 2. The molecule has 3 unspecified atom stereocenters. The Hall–Kier alpha value is -1.87. The van der Waals surface area contributed by atoms with E-state index in [1.54, 1.807) is 17.5 Å². The van der Waals surface area contributed by atoms with Gasteiger partial charge in [0.25, 0.3) is 0 Å². The van der Waals surface area contributed by atoms with Gasteiger partial charge in [-0.3, -0.25) is 14.5 Å². The van der Waals surface area contributed by atoms with Crippen LogP contribution in [0.25, 0.3) is 0 Å². The molecule has 0 saturated carbocycles. The maximum Gasteiger partial charge on any atom is 0.247 e. The van der Waals surface area contributed by atoms with Gasteiger partial charge < -0.3 is 20.8 Å². The van der Waals surface area contributed by atoms with Crippen LogP contribution >= 0.6 is 12.6 Å².